The van der Waals surface area contributed by atoms with E-state index < -0.39 is 0 Å². The summed E-state index contributed by atoms with van der Waals surface area (Å²) in [4.78, 5) is 18.8. The largest absolute Gasteiger partial charge is 0.323 e. The summed E-state index contributed by atoms with van der Waals surface area (Å²) in [6.07, 6.45) is 0. The number of aryl methyl sites for hydroxylation is 2. The van der Waals surface area contributed by atoms with Crippen LogP contribution in [0.15, 0.2) is 23.0 Å². The number of hydrogen-bond donors (Lipinski definition) is 1. The standard InChI is InChI=1S/C12H10Cl2N2O/c1-6-7(2)16-12(17)11(15-6)8-3-9(13)5-10(14)4-8/h3-5H,1-2H3,(H,16,17). The minimum atomic E-state index is -0.244. The van der Waals surface area contributed by atoms with Gasteiger partial charge in [-0.3, -0.25) is 4.79 Å². The highest BCUT2D eigenvalue weighted by molar-refractivity contribution is 6.35. The summed E-state index contributed by atoms with van der Waals surface area (Å²) in [5.74, 6) is 0. The molecule has 0 saturated heterocycles. The van der Waals surface area contributed by atoms with Crippen LogP contribution in [0.2, 0.25) is 10.0 Å². The maximum Gasteiger partial charge on any atom is 0.274 e. The Labute approximate surface area is 108 Å². The Bertz CT molecular complexity index is 615. The fourth-order valence-corrected chi connectivity index (χ4v) is 2.03. The summed E-state index contributed by atoms with van der Waals surface area (Å²) in [7, 11) is 0. The zero-order valence-corrected chi connectivity index (χ0v) is 10.9. The van der Waals surface area contributed by atoms with Gasteiger partial charge in [-0.2, -0.15) is 0 Å². The van der Waals surface area contributed by atoms with Gasteiger partial charge in [0.1, 0.15) is 5.69 Å². The van der Waals surface area contributed by atoms with Gasteiger partial charge in [0.2, 0.25) is 0 Å². The molecular weight excluding hydrogens is 259 g/mol. The fourth-order valence-electron chi connectivity index (χ4n) is 1.51. The maximum absolute atomic E-state index is 11.8. The topological polar surface area (TPSA) is 45.8 Å². The second-order valence-electron chi connectivity index (χ2n) is 3.78. The van der Waals surface area contributed by atoms with E-state index >= 15 is 0 Å². The molecule has 0 bridgehead atoms. The average molecular weight is 269 g/mol. The Kier molecular flexibility index (Phi) is 3.22. The molecule has 0 fully saturated rings. The number of benzene rings is 1. The van der Waals surface area contributed by atoms with Gasteiger partial charge >= 0.3 is 0 Å². The molecule has 0 saturated carbocycles. The van der Waals surface area contributed by atoms with Crippen LogP contribution in [0.25, 0.3) is 11.3 Å². The van der Waals surface area contributed by atoms with Gasteiger partial charge in [-0.25, -0.2) is 4.98 Å². The lowest BCUT2D eigenvalue weighted by molar-refractivity contribution is 1.02. The molecule has 0 atom stereocenters. The number of halogens is 2. The third kappa shape index (κ3) is 2.51. The van der Waals surface area contributed by atoms with Crippen molar-refractivity contribution in [3.05, 3.63) is 50.0 Å². The van der Waals surface area contributed by atoms with E-state index in [1.807, 2.05) is 6.92 Å². The van der Waals surface area contributed by atoms with E-state index in [4.69, 9.17) is 23.2 Å². The first kappa shape index (κ1) is 12.1. The molecule has 0 radical (unpaired) electrons. The van der Waals surface area contributed by atoms with Crippen LogP contribution in [0.4, 0.5) is 0 Å². The molecular formula is C12H10Cl2N2O. The first-order valence-electron chi connectivity index (χ1n) is 5.01. The zero-order valence-electron chi connectivity index (χ0n) is 9.34. The molecule has 1 heterocycles. The average Bonchev–Trinajstić information content (AvgIpc) is 2.22. The van der Waals surface area contributed by atoms with E-state index in [-0.39, 0.29) is 5.56 Å². The maximum atomic E-state index is 11.8. The SMILES string of the molecule is Cc1nc(-c2cc(Cl)cc(Cl)c2)c(=O)[nH]c1C. The highest BCUT2D eigenvalue weighted by atomic mass is 35.5. The van der Waals surface area contributed by atoms with Crippen LogP contribution in [0, 0.1) is 13.8 Å². The van der Waals surface area contributed by atoms with Gasteiger partial charge in [0, 0.05) is 21.3 Å². The van der Waals surface area contributed by atoms with Crippen molar-refractivity contribution in [3.8, 4) is 11.3 Å². The van der Waals surface area contributed by atoms with Crippen molar-refractivity contribution < 1.29 is 0 Å². The number of H-pyrrole nitrogens is 1. The van der Waals surface area contributed by atoms with Gasteiger partial charge < -0.3 is 4.98 Å². The Morgan fingerprint density at radius 3 is 2.29 bits per heavy atom. The molecule has 2 rings (SSSR count). The predicted octanol–water partition coefficient (Wildman–Crippen LogP) is 3.36. The molecule has 0 aliphatic heterocycles. The quantitative estimate of drug-likeness (QED) is 0.862. The molecule has 0 spiro atoms. The Hall–Kier alpha value is -1.32. The van der Waals surface area contributed by atoms with Crippen LogP contribution in [-0.4, -0.2) is 9.97 Å². The summed E-state index contributed by atoms with van der Waals surface area (Å²) in [5, 5.41) is 0.957. The predicted molar refractivity (Wildman–Crippen MR) is 69.8 cm³/mol. The van der Waals surface area contributed by atoms with E-state index in [2.05, 4.69) is 9.97 Å². The molecule has 1 aromatic heterocycles. The molecule has 88 valence electrons. The molecule has 5 heteroatoms. The molecule has 0 aliphatic carbocycles. The van der Waals surface area contributed by atoms with E-state index in [1.165, 1.54) is 0 Å². The fraction of sp³-hybridized carbons (Fsp3) is 0.167. The molecule has 17 heavy (non-hydrogen) atoms. The second kappa shape index (κ2) is 4.51. The number of nitrogens with zero attached hydrogens (tertiary/aromatic N) is 1. The Balaban J connectivity index is 2.68. The smallest absolute Gasteiger partial charge is 0.274 e. The second-order valence-corrected chi connectivity index (χ2v) is 4.66. The lowest BCUT2D eigenvalue weighted by Gasteiger charge is -2.05. The third-order valence-electron chi connectivity index (χ3n) is 2.47. The van der Waals surface area contributed by atoms with Gasteiger partial charge in [-0.1, -0.05) is 23.2 Å². The van der Waals surface area contributed by atoms with Crippen LogP contribution in [0.1, 0.15) is 11.4 Å². The number of nitrogens with one attached hydrogen (secondary N) is 1. The monoisotopic (exact) mass is 268 g/mol. The first-order valence-corrected chi connectivity index (χ1v) is 5.77. The molecule has 3 nitrogen and oxygen atoms in total. The Morgan fingerprint density at radius 2 is 1.71 bits per heavy atom. The lowest BCUT2D eigenvalue weighted by Crippen LogP contribution is -2.14. The van der Waals surface area contributed by atoms with Crippen molar-refractivity contribution in [2.24, 2.45) is 0 Å². The van der Waals surface area contributed by atoms with E-state index in [9.17, 15) is 4.79 Å². The molecule has 0 amide bonds. The molecule has 1 aromatic carbocycles. The molecule has 1 N–H and O–H groups in total. The van der Waals surface area contributed by atoms with Crippen molar-refractivity contribution in [1.29, 1.82) is 0 Å². The summed E-state index contributed by atoms with van der Waals surface area (Å²) in [6, 6.07) is 4.95. The van der Waals surface area contributed by atoms with Crippen LogP contribution >= 0.6 is 23.2 Å². The van der Waals surface area contributed by atoms with Crippen molar-refractivity contribution >= 4 is 23.2 Å². The van der Waals surface area contributed by atoms with Gasteiger partial charge in [0.05, 0.1) is 5.69 Å². The minimum Gasteiger partial charge on any atom is -0.323 e. The van der Waals surface area contributed by atoms with Crippen LogP contribution in [-0.2, 0) is 0 Å². The van der Waals surface area contributed by atoms with Crippen molar-refractivity contribution in [1.82, 2.24) is 9.97 Å². The molecule has 0 aliphatic rings. The van der Waals surface area contributed by atoms with Crippen molar-refractivity contribution in [2.45, 2.75) is 13.8 Å². The highest BCUT2D eigenvalue weighted by Gasteiger charge is 2.09. The van der Waals surface area contributed by atoms with E-state index in [0.717, 1.165) is 11.4 Å². The summed E-state index contributed by atoms with van der Waals surface area (Å²) in [6.45, 7) is 3.64. The molecule has 2 aromatic rings. The number of aromatic amines is 1. The van der Waals surface area contributed by atoms with E-state index in [1.54, 1.807) is 25.1 Å². The van der Waals surface area contributed by atoms with Crippen molar-refractivity contribution in [3.63, 3.8) is 0 Å². The van der Waals surface area contributed by atoms with Gasteiger partial charge in [-0.05, 0) is 32.0 Å². The summed E-state index contributed by atoms with van der Waals surface area (Å²) < 4.78 is 0. The van der Waals surface area contributed by atoms with Crippen LogP contribution < -0.4 is 5.56 Å². The minimum absolute atomic E-state index is 0.244. The number of hydrogen-bond acceptors (Lipinski definition) is 2. The summed E-state index contributed by atoms with van der Waals surface area (Å²) >= 11 is 11.8. The van der Waals surface area contributed by atoms with Crippen molar-refractivity contribution in [2.75, 3.05) is 0 Å². The van der Waals surface area contributed by atoms with E-state index in [0.29, 0.717) is 21.3 Å². The van der Waals surface area contributed by atoms with Gasteiger partial charge in [0.25, 0.3) is 5.56 Å². The van der Waals surface area contributed by atoms with Crippen LogP contribution in [0.3, 0.4) is 0 Å². The number of aromatic nitrogens is 2. The van der Waals surface area contributed by atoms with Gasteiger partial charge in [-0.15, -0.1) is 0 Å². The van der Waals surface area contributed by atoms with Crippen LogP contribution in [0.5, 0.6) is 0 Å². The highest BCUT2D eigenvalue weighted by Crippen LogP contribution is 2.24. The van der Waals surface area contributed by atoms with Gasteiger partial charge in [0.15, 0.2) is 0 Å². The normalized spacial score (nSPS) is 10.6. The number of rotatable bonds is 1. The summed E-state index contributed by atoms with van der Waals surface area (Å²) in [5.41, 5.74) is 2.23. The zero-order chi connectivity index (χ0) is 12.6. The lowest BCUT2D eigenvalue weighted by atomic mass is 10.1. The third-order valence-corrected chi connectivity index (χ3v) is 2.91. The molecule has 0 unspecified atom stereocenters. The first-order chi connectivity index (χ1) is 7.97. The Morgan fingerprint density at radius 1 is 1.12 bits per heavy atom.